The van der Waals surface area contributed by atoms with Crippen LogP contribution in [0.1, 0.15) is 0 Å². The fourth-order valence-corrected chi connectivity index (χ4v) is 1.08. The normalized spacial score (nSPS) is 9.00. The summed E-state index contributed by atoms with van der Waals surface area (Å²) in [6.45, 7) is 0.405. The Kier molecular flexibility index (Phi) is 3.35. The van der Waals surface area contributed by atoms with Crippen molar-refractivity contribution >= 4 is 23.1 Å². The fraction of sp³-hybridized carbons (Fsp3) is 0.250. The predicted octanol–water partition coefficient (Wildman–Crippen LogP) is 1.22. The van der Waals surface area contributed by atoms with Crippen molar-refractivity contribution in [3.63, 3.8) is 0 Å². The number of terminal acetylenes is 1. The molecule has 0 aliphatic carbocycles. The van der Waals surface area contributed by atoms with Crippen LogP contribution in [0.15, 0.2) is 6.33 Å². The lowest BCUT2D eigenvalue weighted by atomic mass is 10.4. The average molecular weight is 197 g/mol. The third kappa shape index (κ3) is 2.23. The van der Waals surface area contributed by atoms with E-state index < -0.39 is 0 Å². The second-order valence-corrected chi connectivity index (χ2v) is 2.55. The first kappa shape index (κ1) is 9.62. The zero-order chi connectivity index (χ0) is 9.68. The zero-order valence-corrected chi connectivity index (χ0v) is 7.89. The van der Waals surface area contributed by atoms with E-state index in [1.807, 2.05) is 0 Å². The molecule has 4 nitrogen and oxygen atoms in total. The van der Waals surface area contributed by atoms with E-state index in [-0.39, 0.29) is 0 Å². The lowest BCUT2D eigenvalue weighted by Crippen LogP contribution is -2.05. The minimum atomic E-state index is 0.372. The number of aromatic nitrogens is 2. The van der Waals surface area contributed by atoms with Crippen molar-refractivity contribution < 1.29 is 0 Å². The van der Waals surface area contributed by atoms with Crippen molar-refractivity contribution in [1.29, 1.82) is 0 Å². The quantitative estimate of drug-likeness (QED) is 0.564. The van der Waals surface area contributed by atoms with Crippen molar-refractivity contribution in [2.24, 2.45) is 0 Å². The minimum Gasteiger partial charge on any atom is -0.383 e. The van der Waals surface area contributed by atoms with E-state index in [0.717, 1.165) is 0 Å². The summed E-state index contributed by atoms with van der Waals surface area (Å²) in [6, 6.07) is 0. The van der Waals surface area contributed by atoms with Gasteiger partial charge in [0.25, 0.3) is 0 Å². The second-order valence-electron chi connectivity index (χ2n) is 2.20. The molecule has 0 aromatic carbocycles. The molecule has 0 unspecified atom stereocenters. The van der Waals surface area contributed by atoms with Gasteiger partial charge in [-0.3, -0.25) is 0 Å². The molecule has 0 spiro atoms. The SMILES string of the molecule is C#CCNc1ncnc(Cl)c1NC. The number of anilines is 2. The molecule has 13 heavy (non-hydrogen) atoms. The van der Waals surface area contributed by atoms with Gasteiger partial charge in [-0.15, -0.1) is 6.42 Å². The van der Waals surface area contributed by atoms with Gasteiger partial charge in [-0.1, -0.05) is 17.5 Å². The molecular formula is C8H9ClN4. The van der Waals surface area contributed by atoms with Crippen LogP contribution in [0.4, 0.5) is 11.5 Å². The summed E-state index contributed by atoms with van der Waals surface area (Å²) < 4.78 is 0. The topological polar surface area (TPSA) is 49.8 Å². The molecule has 0 bridgehead atoms. The van der Waals surface area contributed by atoms with Crippen LogP contribution in [-0.4, -0.2) is 23.6 Å². The lowest BCUT2D eigenvalue weighted by molar-refractivity contribution is 1.14. The van der Waals surface area contributed by atoms with Gasteiger partial charge in [0.05, 0.1) is 6.54 Å². The van der Waals surface area contributed by atoms with Gasteiger partial charge in [0.1, 0.15) is 12.0 Å². The average Bonchev–Trinajstić information content (AvgIpc) is 2.15. The molecule has 0 atom stereocenters. The number of halogens is 1. The van der Waals surface area contributed by atoms with Gasteiger partial charge in [0.2, 0.25) is 0 Å². The Morgan fingerprint density at radius 2 is 2.38 bits per heavy atom. The standard InChI is InChI=1S/C8H9ClN4/c1-3-4-11-8-6(10-2)7(9)12-5-13-8/h1,5,10H,4H2,2H3,(H,11,12,13). The van der Waals surface area contributed by atoms with E-state index in [1.54, 1.807) is 7.05 Å². The number of nitrogens with zero attached hydrogens (tertiary/aromatic N) is 2. The van der Waals surface area contributed by atoms with Gasteiger partial charge in [-0.2, -0.15) is 0 Å². The maximum atomic E-state index is 5.80. The van der Waals surface area contributed by atoms with Crippen LogP contribution < -0.4 is 10.6 Å². The Morgan fingerprint density at radius 3 is 3.00 bits per heavy atom. The van der Waals surface area contributed by atoms with Crippen molar-refractivity contribution in [3.8, 4) is 12.3 Å². The summed E-state index contributed by atoms with van der Waals surface area (Å²) in [5.74, 6) is 3.06. The third-order valence-electron chi connectivity index (χ3n) is 1.41. The van der Waals surface area contributed by atoms with Gasteiger partial charge in [-0.05, 0) is 0 Å². The molecule has 68 valence electrons. The first-order valence-corrected chi connectivity index (χ1v) is 4.03. The summed E-state index contributed by atoms with van der Waals surface area (Å²) in [5.41, 5.74) is 0.652. The first-order chi connectivity index (χ1) is 6.29. The predicted molar refractivity (Wildman–Crippen MR) is 53.9 cm³/mol. The summed E-state index contributed by atoms with van der Waals surface area (Å²) in [6.07, 6.45) is 6.47. The van der Waals surface area contributed by atoms with Gasteiger partial charge < -0.3 is 10.6 Å². The van der Waals surface area contributed by atoms with Crippen LogP contribution in [0.3, 0.4) is 0 Å². The molecule has 0 aliphatic heterocycles. The zero-order valence-electron chi connectivity index (χ0n) is 7.13. The van der Waals surface area contributed by atoms with Gasteiger partial charge in [0, 0.05) is 7.05 Å². The highest BCUT2D eigenvalue weighted by atomic mass is 35.5. The Balaban J connectivity index is 2.93. The number of rotatable bonds is 3. The summed E-state index contributed by atoms with van der Waals surface area (Å²) in [4.78, 5) is 7.80. The monoisotopic (exact) mass is 196 g/mol. The minimum absolute atomic E-state index is 0.372. The van der Waals surface area contributed by atoms with Crippen LogP contribution in [0.5, 0.6) is 0 Å². The van der Waals surface area contributed by atoms with Crippen molar-refractivity contribution in [2.45, 2.75) is 0 Å². The molecule has 0 saturated heterocycles. The smallest absolute Gasteiger partial charge is 0.157 e. The molecule has 2 N–H and O–H groups in total. The summed E-state index contributed by atoms with van der Waals surface area (Å²) >= 11 is 5.80. The van der Waals surface area contributed by atoms with Gasteiger partial charge in [0.15, 0.2) is 11.0 Å². The highest BCUT2D eigenvalue weighted by Crippen LogP contribution is 2.24. The molecule has 1 aromatic rings. The van der Waals surface area contributed by atoms with Crippen molar-refractivity contribution in [3.05, 3.63) is 11.5 Å². The maximum absolute atomic E-state index is 5.80. The molecule has 5 heteroatoms. The molecule has 1 heterocycles. The maximum Gasteiger partial charge on any atom is 0.157 e. The van der Waals surface area contributed by atoms with E-state index in [2.05, 4.69) is 26.5 Å². The van der Waals surface area contributed by atoms with Gasteiger partial charge >= 0.3 is 0 Å². The van der Waals surface area contributed by atoms with E-state index >= 15 is 0 Å². The molecule has 1 aromatic heterocycles. The molecular weight excluding hydrogens is 188 g/mol. The molecule has 1 rings (SSSR count). The van der Waals surface area contributed by atoms with Crippen LogP contribution >= 0.6 is 11.6 Å². The Morgan fingerprint density at radius 1 is 1.62 bits per heavy atom. The Bertz CT molecular complexity index is 331. The fourth-order valence-electron chi connectivity index (χ4n) is 0.854. The van der Waals surface area contributed by atoms with Crippen LogP contribution in [0.2, 0.25) is 5.15 Å². The summed E-state index contributed by atoms with van der Waals surface area (Å²) in [7, 11) is 1.74. The molecule has 0 amide bonds. The molecule has 0 fully saturated rings. The Hall–Kier alpha value is -1.47. The summed E-state index contributed by atoms with van der Waals surface area (Å²) in [5, 5.41) is 6.18. The van der Waals surface area contributed by atoms with E-state index in [0.29, 0.717) is 23.2 Å². The molecule has 0 saturated carbocycles. The van der Waals surface area contributed by atoms with Gasteiger partial charge in [-0.25, -0.2) is 9.97 Å². The second kappa shape index (κ2) is 4.53. The number of nitrogens with one attached hydrogen (secondary N) is 2. The van der Waals surface area contributed by atoms with Crippen molar-refractivity contribution in [2.75, 3.05) is 24.2 Å². The Labute approximate surface area is 81.7 Å². The lowest BCUT2D eigenvalue weighted by Gasteiger charge is -2.08. The van der Waals surface area contributed by atoms with E-state index in [1.165, 1.54) is 6.33 Å². The first-order valence-electron chi connectivity index (χ1n) is 3.65. The largest absolute Gasteiger partial charge is 0.383 e. The third-order valence-corrected chi connectivity index (χ3v) is 1.70. The van der Waals surface area contributed by atoms with E-state index in [4.69, 9.17) is 18.0 Å². The molecule has 0 aliphatic rings. The number of hydrogen-bond acceptors (Lipinski definition) is 4. The van der Waals surface area contributed by atoms with E-state index in [9.17, 15) is 0 Å². The highest BCUT2D eigenvalue weighted by Gasteiger charge is 2.06. The van der Waals surface area contributed by atoms with Crippen LogP contribution in [-0.2, 0) is 0 Å². The van der Waals surface area contributed by atoms with Crippen LogP contribution in [0.25, 0.3) is 0 Å². The van der Waals surface area contributed by atoms with Crippen LogP contribution in [0, 0.1) is 12.3 Å². The number of hydrogen-bond donors (Lipinski definition) is 2. The molecule has 0 radical (unpaired) electrons. The highest BCUT2D eigenvalue weighted by molar-refractivity contribution is 6.32. The van der Waals surface area contributed by atoms with Crippen molar-refractivity contribution in [1.82, 2.24) is 9.97 Å².